The molecule has 86 valence electrons. The fourth-order valence-corrected chi connectivity index (χ4v) is 2.06. The number of likely N-dealkylation sites (tertiary alicyclic amines) is 1. The number of β-amino-alcohol motifs (C(OH)–C–C–N with tert-alkyl or cyclic N) is 1. The Morgan fingerprint density at radius 1 is 1.38 bits per heavy atom. The summed E-state index contributed by atoms with van der Waals surface area (Å²) in [6.45, 7) is 1.38. The van der Waals surface area contributed by atoms with E-state index < -0.39 is 6.10 Å². The molecule has 0 amide bonds. The Labute approximate surface area is 100 Å². The van der Waals surface area contributed by atoms with Gasteiger partial charge in [0.15, 0.2) is 0 Å². The first-order chi connectivity index (χ1) is 7.66. The molecule has 1 aromatic carbocycles. The number of aliphatic hydroxyl groups is 1. The van der Waals surface area contributed by atoms with Crippen LogP contribution in [0.1, 0.15) is 24.5 Å². The molecule has 1 aliphatic heterocycles. The summed E-state index contributed by atoms with van der Waals surface area (Å²) in [5.74, 6) is 0.632. The fraction of sp³-hybridized carbons (Fsp3) is 0.417. The van der Waals surface area contributed by atoms with Crippen LogP contribution in [0.5, 0.6) is 0 Å². The van der Waals surface area contributed by atoms with Gasteiger partial charge in [-0.1, -0.05) is 23.7 Å². The van der Waals surface area contributed by atoms with E-state index in [9.17, 15) is 5.11 Å². The first kappa shape index (κ1) is 11.4. The number of halogens is 1. The molecule has 16 heavy (non-hydrogen) atoms. The van der Waals surface area contributed by atoms with E-state index in [-0.39, 0.29) is 0 Å². The summed E-state index contributed by atoms with van der Waals surface area (Å²) in [5.41, 5.74) is 0.851. The molecule has 1 saturated heterocycles. The van der Waals surface area contributed by atoms with Crippen molar-refractivity contribution in [2.45, 2.75) is 18.9 Å². The molecule has 4 heteroatoms. The van der Waals surface area contributed by atoms with Crippen molar-refractivity contribution in [1.29, 1.82) is 5.41 Å². The van der Waals surface area contributed by atoms with Crippen LogP contribution in [-0.4, -0.2) is 28.9 Å². The normalized spacial score (nSPS) is 17.9. The van der Waals surface area contributed by atoms with Gasteiger partial charge >= 0.3 is 0 Å². The molecule has 0 radical (unpaired) electrons. The van der Waals surface area contributed by atoms with Gasteiger partial charge < -0.3 is 10.0 Å². The highest BCUT2D eigenvalue weighted by atomic mass is 35.5. The fourth-order valence-electron chi connectivity index (χ4n) is 1.93. The van der Waals surface area contributed by atoms with Crippen molar-refractivity contribution in [1.82, 2.24) is 4.90 Å². The Hall–Kier alpha value is -1.06. The lowest BCUT2D eigenvalue weighted by Gasteiger charge is -2.21. The highest BCUT2D eigenvalue weighted by Gasteiger charge is 2.20. The Balaban J connectivity index is 1.99. The number of benzene rings is 1. The van der Waals surface area contributed by atoms with Gasteiger partial charge in [0.05, 0.1) is 11.9 Å². The third-order valence-electron chi connectivity index (χ3n) is 2.87. The van der Waals surface area contributed by atoms with Crippen molar-refractivity contribution >= 4 is 17.4 Å². The highest BCUT2D eigenvalue weighted by molar-refractivity contribution is 6.30. The molecule has 2 N–H and O–H groups in total. The molecule has 0 aromatic heterocycles. The molecule has 0 spiro atoms. The molecule has 1 aliphatic rings. The Morgan fingerprint density at radius 3 is 2.62 bits per heavy atom. The number of aliphatic hydroxyl groups excluding tert-OH is 1. The van der Waals surface area contributed by atoms with E-state index in [2.05, 4.69) is 0 Å². The summed E-state index contributed by atoms with van der Waals surface area (Å²) in [7, 11) is 0. The van der Waals surface area contributed by atoms with Crippen LogP contribution in [0.15, 0.2) is 24.3 Å². The SMILES string of the molecule is N=C1CCCN1CC(O)c1ccc(Cl)cc1. The van der Waals surface area contributed by atoms with Crippen molar-refractivity contribution in [3.8, 4) is 0 Å². The maximum Gasteiger partial charge on any atom is 0.0965 e. The summed E-state index contributed by atoms with van der Waals surface area (Å²) in [4.78, 5) is 1.93. The topological polar surface area (TPSA) is 47.3 Å². The average molecular weight is 239 g/mol. The number of rotatable bonds is 3. The van der Waals surface area contributed by atoms with Crippen LogP contribution in [0.3, 0.4) is 0 Å². The number of nitrogens with zero attached hydrogens (tertiary/aromatic N) is 1. The summed E-state index contributed by atoms with van der Waals surface area (Å²) >= 11 is 5.78. The van der Waals surface area contributed by atoms with Crippen LogP contribution in [-0.2, 0) is 0 Å². The van der Waals surface area contributed by atoms with E-state index >= 15 is 0 Å². The second-order valence-corrected chi connectivity index (χ2v) is 4.50. The summed E-state index contributed by atoms with van der Waals surface area (Å²) in [5, 5.41) is 18.4. The van der Waals surface area contributed by atoms with Gasteiger partial charge in [0.2, 0.25) is 0 Å². The lowest BCUT2D eigenvalue weighted by molar-refractivity contribution is 0.147. The van der Waals surface area contributed by atoms with Crippen LogP contribution in [0.2, 0.25) is 5.02 Å². The second-order valence-electron chi connectivity index (χ2n) is 4.06. The molecular formula is C12H15ClN2O. The van der Waals surface area contributed by atoms with Crippen molar-refractivity contribution in [3.63, 3.8) is 0 Å². The molecule has 1 atom stereocenters. The lowest BCUT2D eigenvalue weighted by atomic mass is 10.1. The highest BCUT2D eigenvalue weighted by Crippen LogP contribution is 2.20. The minimum Gasteiger partial charge on any atom is -0.387 e. The zero-order valence-corrected chi connectivity index (χ0v) is 9.74. The van der Waals surface area contributed by atoms with E-state index in [1.165, 1.54) is 0 Å². The maximum atomic E-state index is 10.0. The largest absolute Gasteiger partial charge is 0.387 e. The van der Waals surface area contributed by atoms with Crippen LogP contribution < -0.4 is 0 Å². The minimum atomic E-state index is -0.546. The molecule has 3 nitrogen and oxygen atoms in total. The van der Waals surface area contributed by atoms with E-state index in [1.807, 2.05) is 17.0 Å². The minimum absolute atomic E-state index is 0.500. The quantitative estimate of drug-likeness (QED) is 0.850. The second kappa shape index (κ2) is 4.85. The molecule has 0 aliphatic carbocycles. The smallest absolute Gasteiger partial charge is 0.0965 e. The van der Waals surface area contributed by atoms with Crippen molar-refractivity contribution in [2.24, 2.45) is 0 Å². The van der Waals surface area contributed by atoms with Crippen LogP contribution >= 0.6 is 11.6 Å². The Kier molecular flexibility index (Phi) is 3.46. The number of hydrogen-bond acceptors (Lipinski definition) is 2. The molecule has 1 aromatic rings. The van der Waals surface area contributed by atoms with Crippen LogP contribution in [0, 0.1) is 5.41 Å². The summed E-state index contributed by atoms with van der Waals surface area (Å²) in [6, 6.07) is 7.20. The van der Waals surface area contributed by atoms with Gasteiger partial charge in [-0.15, -0.1) is 0 Å². The molecule has 1 heterocycles. The lowest BCUT2D eigenvalue weighted by Crippen LogP contribution is -2.29. The Morgan fingerprint density at radius 2 is 2.06 bits per heavy atom. The standard InChI is InChI=1S/C12H15ClN2O/c13-10-5-3-9(4-6-10)11(16)8-15-7-1-2-12(15)14/h3-6,11,14,16H,1-2,7-8H2. The van der Waals surface area contributed by atoms with E-state index in [0.717, 1.165) is 24.9 Å². The van der Waals surface area contributed by atoms with Crippen LogP contribution in [0.25, 0.3) is 0 Å². The van der Waals surface area contributed by atoms with Crippen LogP contribution in [0.4, 0.5) is 0 Å². The number of nitrogens with one attached hydrogen (secondary N) is 1. The van der Waals surface area contributed by atoms with Crippen molar-refractivity contribution < 1.29 is 5.11 Å². The predicted octanol–water partition coefficient (Wildman–Crippen LogP) is 2.45. The van der Waals surface area contributed by atoms with Gasteiger partial charge in [-0.2, -0.15) is 0 Å². The van der Waals surface area contributed by atoms with E-state index in [1.54, 1.807) is 12.1 Å². The Bertz CT molecular complexity index is 377. The van der Waals surface area contributed by atoms with Crippen molar-refractivity contribution in [2.75, 3.05) is 13.1 Å². The first-order valence-electron chi connectivity index (χ1n) is 5.43. The number of hydrogen-bond donors (Lipinski definition) is 2. The van der Waals surface area contributed by atoms with Gasteiger partial charge in [-0.3, -0.25) is 5.41 Å². The third kappa shape index (κ3) is 2.54. The van der Waals surface area contributed by atoms with E-state index in [0.29, 0.717) is 17.4 Å². The third-order valence-corrected chi connectivity index (χ3v) is 3.12. The molecular weight excluding hydrogens is 224 g/mol. The monoisotopic (exact) mass is 238 g/mol. The first-order valence-corrected chi connectivity index (χ1v) is 5.80. The summed E-state index contributed by atoms with van der Waals surface area (Å²) < 4.78 is 0. The summed E-state index contributed by atoms with van der Waals surface area (Å²) in [6.07, 6.45) is 1.30. The van der Waals surface area contributed by atoms with Gasteiger partial charge in [-0.05, 0) is 24.1 Å². The molecule has 1 unspecified atom stereocenters. The molecule has 0 bridgehead atoms. The average Bonchev–Trinajstić information content (AvgIpc) is 2.65. The van der Waals surface area contributed by atoms with Gasteiger partial charge in [0.25, 0.3) is 0 Å². The molecule has 0 saturated carbocycles. The molecule has 1 fully saturated rings. The van der Waals surface area contributed by atoms with Gasteiger partial charge in [0.1, 0.15) is 0 Å². The zero-order valence-electron chi connectivity index (χ0n) is 8.99. The predicted molar refractivity (Wildman–Crippen MR) is 64.9 cm³/mol. The maximum absolute atomic E-state index is 10.0. The van der Waals surface area contributed by atoms with Crippen molar-refractivity contribution in [3.05, 3.63) is 34.9 Å². The van der Waals surface area contributed by atoms with E-state index in [4.69, 9.17) is 17.0 Å². The number of amidine groups is 1. The molecule has 2 rings (SSSR count). The van der Waals surface area contributed by atoms with Gasteiger partial charge in [-0.25, -0.2) is 0 Å². The van der Waals surface area contributed by atoms with Gasteiger partial charge in [0, 0.05) is 24.5 Å². The zero-order chi connectivity index (χ0) is 11.5.